The van der Waals surface area contributed by atoms with Crippen LogP contribution in [0.25, 0.3) is 0 Å². The van der Waals surface area contributed by atoms with Crippen molar-refractivity contribution in [2.45, 2.75) is 32.4 Å². The Labute approximate surface area is 124 Å². The van der Waals surface area contributed by atoms with Crippen molar-refractivity contribution >= 4 is 12.1 Å². The zero-order valence-corrected chi connectivity index (χ0v) is 12.8. The Kier molecular flexibility index (Phi) is 5.96. The number of rotatable bonds is 4. The molecule has 5 nitrogen and oxygen atoms in total. The first-order valence-corrected chi connectivity index (χ1v) is 6.62. The fraction of sp³-hybridized carbons (Fsp3) is 0.375. The number of esters is 1. The molecule has 1 unspecified atom stereocenters. The molecule has 0 spiro atoms. The van der Waals surface area contributed by atoms with Gasteiger partial charge in [0.2, 0.25) is 0 Å². The van der Waals surface area contributed by atoms with Crippen LogP contribution in [0.3, 0.4) is 0 Å². The molecule has 0 heterocycles. The average molecular weight is 291 g/mol. The Morgan fingerprint density at radius 3 is 2.33 bits per heavy atom. The number of alkyl carbamates (subject to hydrolysis) is 1. The van der Waals surface area contributed by atoms with Crippen molar-refractivity contribution in [3.05, 3.63) is 48.0 Å². The summed E-state index contributed by atoms with van der Waals surface area (Å²) in [5.74, 6) is -0.484. The predicted octanol–water partition coefficient (Wildman–Crippen LogP) is 2.98. The van der Waals surface area contributed by atoms with Crippen LogP contribution in [0.15, 0.2) is 42.5 Å². The van der Waals surface area contributed by atoms with E-state index in [1.165, 1.54) is 13.2 Å². The maximum Gasteiger partial charge on any atom is 0.408 e. The average Bonchev–Trinajstić information content (AvgIpc) is 2.42. The summed E-state index contributed by atoms with van der Waals surface area (Å²) in [5.41, 5.74) is 0.251. The number of methoxy groups -OCH3 is 1. The molecule has 1 aromatic rings. The molecule has 1 atom stereocenters. The fourth-order valence-electron chi connectivity index (χ4n) is 1.58. The Bertz CT molecular complexity index is 503. The third-order valence-corrected chi connectivity index (χ3v) is 2.46. The first-order chi connectivity index (χ1) is 9.81. The van der Waals surface area contributed by atoms with E-state index in [1.54, 1.807) is 26.8 Å². The second kappa shape index (κ2) is 7.47. The van der Waals surface area contributed by atoms with Gasteiger partial charge in [-0.2, -0.15) is 0 Å². The van der Waals surface area contributed by atoms with Crippen LogP contribution in [0.2, 0.25) is 0 Å². The summed E-state index contributed by atoms with van der Waals surface area (Å²) < 4.78 is 9.78. The van der Waals surface area contributed by atoms with Crippen molar-refractivity contribution in [2.75, 3.05) is 7.11 Å². The fourth-order valence-corrected chi connectivity index (χ4v) is 1.58. The lowest BCUT2D eigenvalue weighted by Crippen LogP contribution is -2.34. The van der Waals surface area contributed by atoms with Crippen LogP contribution < -0.4 is 5.32 Å². The van der Waals surface area contributed by atoms with E-state index in [-0.39, 0.29) is 0 Å². The van der Waals surface area contributed by atoms with Gasteiger partial charge in [-0.3, -0.25) is 0 Å². The molecule has 1 amide bonds. The van der Waals surface area contributed by atoms with Crippen LogP contribution in [0, 0.1) is 0 Å². The van der Waals surface area contributed by atoms with E-state index in [9.17, 15) is 9.59 Å². The number of hydrogen-bond donors (Lipinski definition) is 1. The molecule has 0 aromatic heterocycles. The topological polar surface area (TPSA) is 64.6 Å². The van der Waals surface area contributed by atoms with Crippen LogP contribution in [-0.4, -0.2) is 24.8 Å². The lowest BCUT2D eigenvalue weighted by molar-refractivity contribution is -0.134. The van der Waals surface area contributed by atoms with Gasteiger partial charge in [-0.25, -0.2) is 9.59 Å². The van der Waals surface area contributed by atoms with Crippen LogP contribution in [0.1, 0.15) is 32.4 Å². The number of carbonyl (C=O) groups is 2. The van der Waals surface area contributed by atoms with E-state index in [4.69, 9.17) is 4.74 Å². The summed E-state index contributed by atoms with van der Waals surface area (Å²) in [6.07, 6.45) is 2.28. The minimum Gasteiger partial charge on any atom is -0.466 e. The zero-order valence-electron chi connectivity index (χ0n) is 12.8. The van der Waals surface area contributed by atoms with Gasteiger partial charge in [-0.05, 0) is 26.3 Å². The van der Waals surface area contributed by atoms with E-state index in [0.29, 0.717) is 0 Å². The molecule has 0 aliphatic rings. The molecule has 0 radical (unpaired) electrons. The largest absolute Gasteiger partial charge is 0.466 e. The molecule has 1 aromatic carbocycles. The Balaban J connectivity index is 2.85. The van der Waals surface area contributed by atoms with Crippen molar-refractivity contribution in [3.63, 3.8) is 0 Å². The van der Waals surface area contributed by atoms with Crippen LogP contribution in [0.5, 0.6) is 0 Å². The number of benzene rings is 1. The van der Waals surface area contributed by atoms with Gasteiger partial charge in [-0.15, -0.1) is 0 Å². The number of carbonyl (C=O) groups excluding carboxylic acids is 2. The van der Waals surface area contributed by atoms with Gasteiger partial charge in [-0.1, -0.05) is 36.4 Å². The highest BCUT2D eigenvalue weighted by Crippen LogP contribution is 2.16. The van der Waals surface area contributed by atoms with Gasteiger partial charge in [0.05, 0.1) is 13.2 Å². The van der Waals surface area contributed by atoms with E-state index in [1.807, 2.05) is 30.3 Å². The van der Waals surface area contributed by atoms with Crippen LogP contribution in [0.4, 0.5) is 4.79 Å². The molecule has 0 aliphatic heterocycles. The minimum absolute atomic E-state index is 0.472. The number of hydrogen-bond acceptors (Lipinski definition) is 4. The second-order valence-corrected chi connectivity index (χ2v) is 5.42. The van der Waals surface area contributed by atoms with Gasteiger partial charge in [0.25, 0.3) is 0 Å². The molecule has 114 valence electrons. The maximum absolute atomic E-state index is 11.9. The molecule has 1 rings (SSSR count). The van der Waals surface area contributed by atoms with Gasteiger partial charge < -0.3 is 14.8 Å². The van der Waals surface area contributed by atoms with Gasteiger partial charge in [0, 0.05) is 6.08 Å². The van der Waals surface area contributed by atoms with Gasteiger partial charge in [0.1, 0.15) is 5.60 Å². The van der Waals surface area contributed by atoms with Gasteiger partial charge in [0.15, 0.2) is 0 Å². The van der Waals surface area contributed by atoms with Crippen LogP contribution >= 0.6 is 0 Å². The molecule has 5 heteroatoms. The highest BCUT2D eigenvalue weighted by Gasteiger charge is 2.19. The van der Waals surface area contributed by atoms with Crippen molar-refractivity contribution in [1.29, 1.82) is 0 Å². The highest BCUT2D eigenvalue weighted by molar-refractivity contribution is 5.82. The summed E-state index contributed by atoms with van der Waals surface area (Å²) in [6.45, 7) is 5.36. The SMILES string of the molecule is COC(=O)C=CC(NC(=O)OC(C)(C)C)c1ccccc1. The summed E-state index contributed by atoms with van der Waals surface area (Å²) in [6, 6.07) is 8.81. The Morgan fingerprint density at radius 2 is 1.81 bits per heavy atom. The molecule has 1 N–H and O–H groups in total. The molecular weight excluding hydrogens is 270 g/mol. The van der Waals surface area contributed by atoms with Crippen LogP contribution in [-0.2, 0) is 14.3 Å². The molecule has 0 saturated carbocycles. The molecule has 0 saturated heterocycles. The predicted molar refractivity (Wildman–Crippen MR) is 79.7 cm³/mol. The smallest absolute Gasteiger partial charge is 0.408 e. The van der Waals surface area contributed by atoms with Crippen molar-refractivity contribution in [3.8, 4) is 0 Å². The van der Waals surface area contributed by atoms with E-state index >= 15 is 0 Å². The summed E-state index contributed by atoms with van der Waals surface area (Å²) in [4.78, 5) is 23.1. The van der Waals surface area contributed by atoms with Crippen molar-refractivity contribution in [1.82, 2.24) is 5.32 Å². The van der Waals surface area contributed by atoms with Gasteiger partial charge >= 0.3 is 12.1 Å². The van der Waals surface area contributed by atoms with Crippen molar-refractivity contribution in [2.24, 2.45) is 0 Å². The van der Waals surface area contributed by atoms with Crippen molar-refractivity contribution < 1.29 is 19.1 Å². The summed E-state index contributed by atoms with van der Waals surface area (Å²) in [7, 11) is 1.30. The van der Waals surface area contributed by atoms with E-state index < -0.39 is 23.7 Å². The molecule has 0 fully saturated rings. The molecule has 0 bridgehead atoms. The molecule has 21 heavy (non-hydrogen) atoms. The third-order valence-electron chi connectivity index (χ3n) is 2.46. The number of nitrogens with one attached hydrogen (secondary N) is 1. The Morgan fingerprint density at radius 1 is 1.19 bits per heavy atom. The first kappa shape index (κ1) is 16.8. The monoisotopic (exact) mass is 291 g/mol. The quantitative estimate of drug-likeness (QED) is 0.684. The lowest BCUT2D eigenvalue weighted by atomic mass is 10.1. The second-order valence-electron chi connectivity index (χ2n) is 5.42. The van der Waals surface area contributed by atoms with E-state index in [0.717, 1.165) is 5.56 Å². The highest BCUT2D eigenvalue weighted by atomic mass is 16.6. The first-order valence-electron chi connectivity index (χ1n) is 6.62. The standard InChI is InChI=1S/C16H21NO4/c1-16(2,3)21-15(19)17-13(10-11-14(18)20-4)12-8-6-5-7-9-12/h5-11,13H,1-4H3,(H,17,19). The third kappa shape index (κ3) is 6.61. The summed E-state index contributed by atoms with van der Waals surface area (Å²) >= 11 is 0. The Hall–Kier alpha value is -2.30. The zero-order chi connectivity index (χ0) is 15.9. The maximum atomic E-state index is 11.9. The summed E-state index contributed by atoms with van der Waals surface area (Å²) in [5, 5.41) is 2.71. The molecular formula is C16H21NO4. The lowest BCUT2D eigenvalue weighted by Gasteiger charge is -2.22. The minimum atomic E-state index is -0.586. The molecule has 0 aliphatic carbocycles. The van der Waals surface area contributed by atoms with E-state index in [2.05, 4.69) is 10.1 Å². The number of amides is 1. The number of ether oxygens (including phenoxy) is 2. The normalized spacial score (nSPS) is 12.8.